The fourth-order valence-electron chi connectivity index (χ4n) is 3.14. The van der Waals surface area contributed by atoms with Crippen molar-refractivity contribution in [3.8, 4) is 0 Å². The van der Waals surface area contributed by atoms with E-state index in [1.807, 2.05) is 35.7 Å². The third-order valence-corrected chi connectivity index (χ3v) is 6.68. The van der Waals surface area contributed by atoms with Crippen LogP contribution in [0.3, 0.4) is 0 Å². The lowest BCUT2D eigenvalue weighted by Crippen LogP contribution is -2.39. The Bertz CT molecular complexity index is 1270. The van der Waals surface area contributed by atoms with E-state index in [1.54, 1.807) is 23.6 Å². The molecule has 8 heteroatoms. The Morgan fingerprint density at radius 2 is 2.07 bits per heavy atom. The first-order valence-electron chi connectivity index (χ1n) is 8.40. The summed E-state index contributed by atoms with van der Waals surface area (Å²) in [7, 11) is 1.33. The van der Waals surface area contributed by atoms with Gasteiger partial charge in [0.1, 0.15) is 6.04 Å². The Hall–Kier alpha value is -2.48. The molecule has 1 atom stereocenters. The van der Waals surface area contributed by atoms with E-state index in [-0.39, 0.29) is 5.56 Å². The third-order valence-electron chi connectivity index (χ3n) is 4.43. The monoisotopic (exact) mass is 430 g/mol. The van der Waals surface area contributed by atoms with Gasteiger partial charge in [0, 0.05) is 9.90 Å². The second-order valence-corrected chi connectivity index (χ2v) is 8.51. The van der Waals surface area contributed by atoms with Gasteiger partial charge >= 0.3 is 5.97 Å². The Kier molecular flexibility index (Phi) is 5.05. The molecule has 1 aromatic carbocycles. The maximum atomic E-state index is 13.3. The number of thiazole rings is 1. The van der Waals surface area contributed by atoms with Crippen molar-refractivity contribution in [1.82, 2.24) is 4.57 Å². The van der Waals surface area contributed by atoms with E-state index < -0.39 is 12.0 Å². The van der Waals surface area contributed by atoms with Crippen LogP contribution in [-0.4, -0.2) is 17.6 Å². The van der Waals surface area contributed by atoms with E-state index >= 15 is 0 Å². The zero-order valence-corrected chi connectivity index (χ0v) is 17.4. The second kappa shape index (κ2) is 7.50. The molecule has 0 saturated heterocycles. The van der Waals surface area contributed by atoms with Gasteiger partial charge in [-0.15, -0.1) is 11.3 Å². The van der Waals surface area contributed by atoms with Crippen LogP contribution in [0.15, 0.2) is 62.8 Å². The van der Waals surface area contributed by atoms with E-state index in [4.69, 9.17) is 16.3 Å². The zero-order chi connectivity index (χ0) is 19.8. The Morgan fingerprint density at radius 1 is 1.29 bits per heavy atom. The van der Waals surface area contributed by atoms with Crippen LogP contribution in [0.1, 0.15) is 23.4 Å². The van der Waals surface area contributed by atoms with Gasteiger partial charge < -0.3 is 4.74 Å². The number of halogens is 1. The minimum Gasteiger partial charge on any atom is -0.466 e. The number of fused-ring (bicyclic) bond motifs is 1. The standard InChI is InChI=1S/C20H15ClN2O3S2/c1-11-16(19(25)26-2)17(14-8-5-9-27-14)23-18(24)15(28-20(23)22-11)10-12-6-3-4-7-13(12)21/h3-10,17H,1-2H3/b15-10+/t17-/m0/s1. The van der Waals surface area contributed by atoms with Crippen LogP contribution >= 0.6 is 34.3 Å². The summed E-state index contributed by atoms with van der Waals surface area (Å²) < 4.78 is 7.05. The maximum Gasteiger partial charge on any atom is 0.338 e. The highest BCUT2D eigenvalue weighted by molar-refractivity contribution is 7.10. The smallest absolute Gasteiger partial charge is 0.338 e. The number of methoxy groups -OCH3 is 1. The largest absolute Gasteiger partial charge is 0.466 e. The number of hydrogen-bond donors (Lipinski definition) is 0. The number of esters is 1. The first-order valence-corrected chi connectivity index (χ1v) is 10.5. The summed E-state index contributed by atoms with van der Waals surface area (Å²) in [6, 6.07) is 10.6. The molecule has 2 aromatic heterocycles. The van der Waals surface area contributed by atoms with Gasteiger partial charge in [-0.25, -0.2) is 9.79 Å². The summed E-state index contributed by atoms with van der Waals surface area (Å²) in [6.07, 6.45) is 1.76. The summed E-state index contributed by atoms with van der Waals surface area (Å²) in [4.78, 5) is 31.7. The lowest BCUT2D eigenvalue weighted by Gasteiger charge is -2.22. The Balaban J connectivity index is 1.99. The normalized spacial score (nSPS) is 16.7. The predicted molar refractivity (Wildman–Crippen MR) is 112 cm³/mol. The van der Waals surface area contributed by atoms with Crippen LogP contribution in [0.2, 0.25) is 5.02 Å². The average molecular weight is 431 g/mol. The van der Waals surface area contributed by atoms with Crippen molar-refractivity contribution in [3.05, 3.63) is 88.2 Å². The van der Waals surface area contributed by atoms with E-state index in [0.29, 0.717) is 25.6 Å². The van der Waals surface area contributed by atoms with E-state index in [9.17, 15) is 9.59 Å². The third kappa shape index (κ3) is 3.15. The molecule has 0 bridgehead atoms. The number of carbonyl (C=O) groups is 1. The number of carbonyl (C=O) groups excluding carboxylic acids is 1. The van der Waals surface area contributed by atoms with Crippen LogP contribution in [0, 0.1) is 0 Å². The molecule has 0 radical (unpaired) electrons. The molecule has 3 aromatic rings. The highest BCUT2D eigenvalue weighted by Crippen LogP contribution is 2.32. The first-order chi connectivity index (χ1) is 13.5. The van der Waals surface area contributed by atoms with E-state index in [2.05, 4.69) is 4.99 Å². The number of aromatic nitrogens is 1. The van der Waals surface area contributed by atoms with Gasteiger partial charge in [-0.1, -0.05) is 47.2 Å². The van der Waals surface area contributed by atoms with Crippen molar-refractivity contribution >= 4 is 46.3 Å². The summed E-state index contributed by atoms with van der Waals surface area (Å²) in [5, 5.41) is 2.48. The molecule has 0 N–H and O–H groups in total. The maximum absolute atomic E-state index is 13.3. The number of rotatable bonds is 3. The summed E-state index contributed by atoms with van der Waals surface area (Å²) in [6.45, 7) is 1.76. The predicted octanol–water partition coefficient (Wildman–Crippen LogP) is 3.12. The van der Waals surface area contributed by atoms with Crippen molar-refractivity contribution in [1.29, 1.82) is 0 Å². The molecule has 28 heavy (non-hydrogen) atoms. The van der Waals surface area contributed by atoms with E-state index in [0.717, 1.165) is 10.4 Å². The molecule has 0 unspecified atom stereocenters. The fourth-order valence-corrected chi connectivity index (χ4v) is 5.19. The van der Waals surface area contributed by atoms with Crippen molar-refractivity contribution in [2.45, 2.75) is 13.0 Å². The molecule has 1 aliphatic heterocycles. The van der Waals surface area contributed by atoms with Crippen molar-refractivity contribution < 1.29 is 9.53 Å². The van der Waals surface area contributed by atoms with Crippen LogP contribution in [-0.2, 0) is 9.53 Å². The number of hydrogen-bond acceptors (Lipinski definition) is 6. The molecular formula is C20H15ClN2O3S2. The zero-order valence-electron chi connectivity index (χ0n) is 15.0. The second-order valence-electron chi connectivity index (χ2n) is 6.11. The van der Waals surface area contributed by atoms with Crippen molar-refractivity contribution in [2.75, 3.05) is 7.11 Å². The summed E-state index contributed by atoms with van der Waals surface area (Å²) in [5.41, 5.74) is 1.47. The number of ether oxygens (including phenoxy) is 1. The first kappa shape index (κ1) is 18.9. The molecule has 0 aliphatic carbocycles. The fraction of sp³-hybridized carbons (Fsp3) is 0.150. The molecular weight excluding hydrogens is 416 g/mol. The molecule has 3 heterocycles. The lowest BCUT2D eigenvalue weighted by molar-refractivity contribution is -0.136. The Morgan fingerprint density at radius 3 is 2.75 bits per heavy atom. The topological polar surface area (TPSA) is 60.7 Å². The van der Waals surface area contributed by atoms with Gasteiger partial charge in [-0.05, 0) is 36.1 Å². The minimum atomic E-state index is -0.558. The molecule has 0 spiro atoms. The van der Waals surface area contributed by atoms with Crippen molar-refractivity contribution in [3.63, 3.8) is 0 Å². The minimum absolute atomic E-state index is 0.212. The molecule has 1 aliphatic rings. The van der Waals surface area contributed by atoms with Crippen LogP contribution in [0.5, 0.6) is 0 Å². The number of nitrogens with zero attached hydrogens (tertiary/aromatic N) is 2. The van der Waals surface area contributed by atoms with Gasteiger partial charge in [0.25, 0.3) is 5.56 Å². The SMILES string of the molecule is COC(=O)C1=C(C)N=c2s/c(=C/c3ccccc3Cl)c(=O)n2[C@H]1c1cccs1. The van der Waals surface area contributed by atoms with Crippen LogP contribution < -0.4 is 14.9 Å². The number of thiophene rings is 1. The molecule has 4 rings (SSSR count). The molecule has 0 amide bonds. The van der Waals surface area contributed by atoms with Crippen molar-refractivity contribution in [2.24, 2.45) is 4.99 Å². The summed E-state index contributed by atoms with van der Waals surface area (Å²) >= 11 is 9.00. The van der Waals surface area contributed by atoms with E-state index in [1.165, 1.54) is 29.8 Å². The van der Waals surface area contributed by atoms with Gasteiger partial charge in [0.05, 0.1) is 22.9 Å². The molecule has 5 nitrogen and oxygen atoms in total. The van der Waals surface area contributed by atoms with Crippen LogP contribution in [0.25, 0.3) is 6.08 Å². The number of allylic oxidation sites excluding steroid dienone is 1. The van der Waals surface area contributed by atoms with Gasteiger partial charge in [0.15, 0.2) is 4.80 Å². The highest BCUT2D eigenvalue weighted by atomic mass is 35.5. The lowest BCUT2D eigenvalue weighted by atomic mass is 10.0. The van der Waals surface area contributed by atoms with Crippen LogP contribution in [0.4, 0.5) is 0 Å². The molecule has 0 fully saturated rings. The quantitative estimate of drug-likeness (QED) is 0.600. The summed E-state index contributed by atoms with van der Waals surface area (Å²) in [5.74, 6) is -0.486. The average Bonchev–Trinajstić information content (AvgIpc) is 3.31. The highest BCUT2D eigenvalue weighted by Gasteiger charge is 2.33. The molecule has 0 saturated carbocycles. The molecule has 142 valence electrons. The van der Waals surface area contributed by atoms with Gasteiger partial charge in [0.2, 0.25) is 0 Å². The van der Waals surface area contributed by atoms with Gasteiger partial charge in [-0.3, -0.25) is 9.36 Å². The Labute approximate surface area is 173 Å². The number of benzene rings is 1. The van der Waals surface area contributed by atoms with Gasteiger partial charge in [-0.2, -0.15) is 0 Å².